The van der Waals surface area contributed by atoms with E-state index < -0.39 is 0 Å². The highest BCUT2D eigenvalue weighted by atomic mass is 32.1. The summed E-state index contributed by atoms with van der Waals surface area (Å²) in [5.41, 5.74) is 2.36. The van der Waals surface area contributed by atoms with Crippen molar-refractivity contribution < 1.29 is 14.3 Å². The van der Waals surface area contributed by atoms with E-state index in [1.807, 2.05) is 17.5 Å². The van der Waals surface area contributed by atoms with E-state index in [2.05, 4.69) is 15.5 Å². The average molecular weight is 396 g/mol. The van der Waals surface area contributed by atoms with Gasteiger partial charge in [-0.1, -0.05) is 6.07 Å². The molecule has 0 bridgehead atoms. The van der Waals surface area contributed by atoms with E-state index in [1.54, 1.807) is 47.6 Å². The second kappa shape index (κ2) is 7.85. The molecule has 3 aromatic rings. The van der Waals surface area contributed by atoms with Crippen LogP contribution in [0, 0.1) is 0 Å². The van der Waals surface area contributed by atoms with E-state index in [1.165, 1.54) is 0 Å². The lowest BCUT2D eigenvalue weighted by atomic mass is 10.1. The van der Waals surface area contributed by atoms with Crippen LogP contribution in [0.3, 0.4) is 0 Å². The fraction of sp³-hybridized carbons (Fsp3) is 0.250. The lowest BCUT2D eigenvalue weighted by Gasteiger charge is -2.28. The fourth-order valence-corrected chi connectivity index (χ4v) is 3.92. The number of rotatable bonds is 5. The van der Waals surface area contributed by atoms with Crippen LogP contribution < -0.4 is 15.0 Å². The van der Waals surface area contributed by atoms with Crippen molar-refractivity contribution in [2.75, 3.05) is 23.9 Å². The third kappa shape index (κ3) is 3.63. The lowest BCUT2D eigenvalue weighted by Crippen LogP contribution is -2.35. The minimum atomic E-state index is -0.319. The molecule has 3 heterocycles. The molecule has 2 aromatic heterocycles. The summed E-state index contributed by atoms with van der Waals surface area (Å²) in [5.74, 6) is 0.356. The maximum Gasteiger partial charge on any atom is 0.276 e. The summed E-state index contributed by atoms with van der Waals surface area (Å²) in [6, 6.07) is 10.9. The number of carbonyl (C=O) groups excluding carboxylic acids is 2. The van der Waals surface area contributed by atoms with Crippen LogP contribution in [0.25, 0.3) is 10.6 Å². The summed E-state index contributed by atoms with van der Waals surface area (Å²) in [5, 5.41) is 11.8. The van der Waals surface area contributed by atoms with E-state index >= 15 is 0 Å². The van der Waals surface area contributed by atoms with Gasteiger partial charge in [-0.3, -0.25) is 14.7 Å². The van der Waals surface area contributed by atoms with Crippen LogP contribution in [0.4, 0.5) is 11.4 Å². The van der Waals surface area contributed by atoms with E-state index in [-0.39, 0.29) is 11.8 Å². The number of nitrogens with zero attached hydrogens (tertiary/aromatic N) is 2. The minimum absolute atomic E-state index is 0.0703. The van der Waals surface area contributed by atoms with Crippen molar-refractivity contribution in [3.63, 3.8) is 0 Å². The normalized spacial score (nSPS) is 14.2. The number of aromatic nitrogens is 2. The number of benzene rings is 1. The number of anilines is 2. The first-order valence-corrected chi connectivity index (χ1v) is 9.93. The van der Waals surface area contributed by atoms with Crippen molar-refractivity contribution >= 4 is 34.5 Å². The van der Waals surface area contributed by atoms with Crippen molar-refractivity contribution in [1.29, 1.82) is 0 Å². The van der Waals surface area contributed by atoms with Crippen LogP contribution in [0.5, 0.6) is 5.75 Å². The highest BCUT2D eigenvalue weighted by Crippen LogP contribution is 2.34. The molecular weight excluding hydrogens is 376 g/mol. The van der Waals surface area contributed by atoms with Crippen LogP contribution in [0.2, 0.25) is 0 Å². The maximum atomic E-state index is 12.6. The zero-order chi connectivity index (χ0) is 19.5. The summed E-state index contributed by atoms with van der Waals surface area (Å²) in [6.45, 7) is 0.649. The molecule has 0 aliphatic carbocycles. The molecule has 28 heavy (non-hydrogen) atoms. The van der Waals surface area contributed by atoms with Crippen molar-refractivity contribution in [3.05, 3.63) is 47.5 Å². The molecule has 0 radical (unpaired) electrons. The van der Waals surface area contributed by atoms with Gasteiger partial charge in [0, 0.05) is 18.7 Å². The highest BCUT2D eigenvalue weighted by molar-refractivity contribution is 7.13. The van der Waals surface area contributed by atoms with E-state index in [4.69, 9.17) is 4.74 Å². The molecule has 2 amide bonds. The van der Waals surface area contributed by atoms with Crippen molar-refractivity contribution in [2.24, 2.45) is 0 Å². The molecule has 1 aromatic carbocycles. The Hall–Kier alpha value is -3.13. The standard InChI is InChI=1S/C20H20N4O3S/c1-27-17-8-7-13(11-16(17)24-9-3-2-6-19(24)25)21-20(26)15-12-14(22-23-15)18-5-4-10-28-18/h4-5,7-8,10-12H,2-3,6,9H2,1H3,(H,21,26)(H,22,23). The number of amides is 2. The van der Waals surface area contributed by atoms with Crippen molar-refractivity contribution in [1.82, 2.24) is 10.2 Å². The van der Waals surface area contributed by atoms with Gasteiger partial charge in [-0.25, -0.2) is 0 Å². The molecule has 8 heteroatoms. The Kier molecular flexibility index (Phi) is 5.12. The molecule has 2 N–H and O–H groups in total. The predicted molar refractivity (Wildman–Crippen MR) is 109 cm³/mol. The molecule has 7 nitrogen and oxygen atoms in total. The van der Waals surface area contributed by atoms with Gasteiger partial charge in [0.05, 0.1) is 23.4 Å². The van der Waals surface area contributed by atoms with Crippen molar-refractivity contribution in [3.8, 4) is 16.3 Å². The number of hydrogen-bond donors (Lipinski definition) is 2. The third-order valence-electron chi connectivity index (χ3n) is 4.65. The number of carbonyl (C=O) groups is 2. The Balaban J connectivity index is 1.55. The molecule has 1 saturated heterocycles. The third-order valence-corrected chi connectivity index (χ3v) is 5.55. The van der Waals surface area contributed by atoms with Crippen LogP contribution in [0.15, 0.2) is 41.8 Å². The quantitative estimate of drug-likeness (QED) is 0.684. The zero-order valence-corrected chi connectivity index (χ0v) is 16.2. The minimum Gasteiger partial charge on any atom is -0.495 e. The lowest BCUT2D eigenvalue weighted by molar-refractivity contribution is -0.119. The molecular formula is C20H20N4O3S. The number of ether oxygens (including phenoxy) is 1. The largest absolute Gasteiger partial charge is 0.495 e. The maximum absolute atomic E-state index is 12.6. The number of aromatic amines is 1. The Labute approximate surface area is 166 Å². The number of H-pyrrole nitrogens is 1. The Morgan fingerprint density at radius 3 is 2.93 bits per heavy atom. The molecule has 1 aliphatic heterocycles. The number of nitrogens with one attached hydrogen (secondary N) is 2. The SMILES string of the molecule is COc1ccc(NC(=O)c2cc(-c3cccs3)[nH]n2)cc1N1CCCCC1=O. The van der Waals surface area contributed by atoms with E-state index in [9.17, 15) is 9.59 Å². The van der Waals surface area contributed by atoms with Gasteiger partial charge in [0.25, 0.3) is 5.91 Å². The fourth-order valence-electron chi connectivity index (χ4n) is 3.23. The summed E-state index contributed by atoms with van der Waals surface area (Å²) in [6.07, 6.45) is 2.38. The second-order valence-corrected chi connectivity index (χ2v) is 7.44. The molecule has 0 saturated carbocycles. The van der Waals surface area contributed by atoms with E-state index in [0.717, 1.165) is 23.4 Å². The molecule has 0 spiro atoms. The summed E-state index contributed by atoms with van der Waals surface area (Å²) in [7, 11) is 1.57. The van der Waals surface area contributed by atoms with Gasteiger partial charge in [-0.2, -0.15) is 5.10 Å². The Bertz CT molecular complexity index is 997. The first kappa shape index (κ1) is 18.2. The smallest absolute Gasteiger partial charge is 0.276 e. The van der Waals surface area contributed by atoms with Gasteiger partial charge in [-0.15, -0.1) is 11.3 Å². The predicted octanol–water partition coefficient (Wildman–Crippen LogP) is 3.92. The summed E-state index contributed by atoms with van der Waals surface area (Å²) >= 11 is 1.57. The molecule has 144 valence electrons. The summed E-state index contributed by atoms with van der Waals surface area (Å²) in [4.78, 5) is 27.6. The first-order valence-electron chi connectivity index (χ1n) is 9.05. The Morgan fingerprint density at radius 2 is 2.18 bits per heavy atom. The van der Waals surface area contributed by atoms with Crippen LogP contribution in [-0.2, 0) is 4.79 Å². The Morgan fingerprint density at radius 1 is 1.29 bits per heavy atom. The van der Waals surface area contributed by atoms with Crippen molar-refractivity contribution in [2.45, 2.75) is 19.3 Å². The second-order valence-electron chi connectivity index (χ2n) is 6.49. The van der Waals surface area contributed by atoms with Gasteiger partial charge < -0.3 is 15.0 Å². The molecule has 1 aliphatic rings. The monoisotopic (exact) mass is 396 g/mol. The van der Waals surface area contributed by atoms with Gasteiger partial charge in [-0.05, 0) is 48.6 Å². The topological polar surface area (TPSA) is 87.3 Å². The van der Waals surface area contributed by atoms with Gasteiger partial charge >= 0.3 is 0 Å². The molecule has 0 atom stereocenters. The van der Waals surface area contributed by atoms with Gasteiger partial charge in [0.1, 0.15) is 5.75 Å². The first-order chi connectivity index (χ1) is 13.7. The highest BCUT2D eigenvalue weighted by Gasteiger charge is 2.23. The number of hydrogen-bond acceptors (Lipinski definition) is 5. The van der Waals surface area contributed by atoms with Crippen LogP contribution in [-0.4, -0.2) is 35.7 Å². The average Bonchev–Trinajstić information content (AvgIpc) is 3.40. The molecule has 1 fully saturated rings. The summed E-state index contributed by atoms with van der Waals surface area (Å²) < 4.78 is 5.41. The number of piperidine rings is 1. The molecule has 0 unspecified atom stereocenters. The van der Waals surface area contributed by atoms with Crippen LogP contribution >= 0.6 is 11.3 Å². The zero-order valence-electron chi connectivity index (χ0n) is 15.4. The molecule has 4 rings (SSSR count). The number of methoxy groups -OCH3 is 1. The van der Waals surface area contributed by atoms with Gasteiger partial charge in [0.2, 0.25) is 5.91 Å². The van der Waals surface area contributed by atoms with Crippen LogP contribution in [0.1, 0.15) is 29.8 Å². The van der Waals surface area contributed by atoms with E-state index in [0.29, 0.717) is 35.8 Å². The van der Waals surface area contributed by atoms with Gasteiger partial charge in [0.15, 0.2) is 5.69 Å². The number of thiophene rings is 1.